The molecule has 1 N–H and O–H groups in total. The molecule has 0 aliphatic carbocycles. The van der Waals surface area contributed by atoms with Crippen LogP contribution in [-0.2, 0) is 7.05 Å². The molecule has 0 aliphatic heterocycles. The maximum atomic E-state index is 12.1. The first-order chi connectivity index (χ1) is 8.09. The van der Waals surface area contributed by atoms with Crippen molar-refractivity contribution in [3.63, 3.8) is 0 Å². The van der Waals surface area contributed by atoms with Crippen LogP contribution in [0, 0.1) is 0 Å². The monoisotopic (exact) mass is 229 g/mol. The first kappa shape index (κ1) is 11.1. The number of ketones is 1. The van der Waals surface area contributed by atoms with Gasteiger partial charge >= 0.3 is 5.97 Å². The summed E-state index contributed by atoms with van der Waals surface area (Å²) < 4.78 is 1.75. The fourth-order valence-electron chi connectivity index (χ4n) is 1.66. The number of aromatic nitrogens is 1. The smallest absolute Gasteiger partial charge is 0.336 e. The van der Waals surface area contributed by atoms with Crippen LogP contribution in [-0.4, -0.2) is 21.4 Å². The molecular formula is C13H11NO3. The number of aryl methyl sites for hydroxylation is 1. The number of carboxylic acids is 1. The Morgan fingerprint density at radius 1 is 1.12 bits per heavy atom. The number of aromatic carboxylic acids is 1. The third-order valence-corrected chi connectivity index (χ3v) is 2.50. The molecule has 86 valence electrons. The van der Waals surface area contributed by atoms with Crippen LogP contribution < -0.4 is 0 Å². The van der Waals surface area contributed by atoms with Gasteiger partial charge in [-0.2, -0.15) is 0 Å². The summed E-state index contributed by atoms with van der Waals surface area (Å²) in [7, 11) is 1.81. The van der Waals surface area contributed by atoms with Crippen LogP contribution in [0.3, 0.4) is 0 Å². The lowest BCUT2D eigenvalue weighted by Gasteiger charge is -2.03. The fraction of sp³-hybridized carbons (Fsp3) is 0.0769. The largest absolute Gasteiger partial charge is 0.478 e. The van der Waals surface area contributed by atoms with E-state index in [2.05, 4.69) is 0 Å². The molecule has 4 heteroatoms. The Morgan fingerprint density at radius 3 is 2.29 bits per heavy atom. The van der Waals surface area contributed by atoms with Gasteiger partial charge in [-0.05, 0) is 12.1 Å². The SMILES string of the molecule is Cn1ccc(C(=O)c2ccccc2C(=O)O)c1. The third-order valence-electron chi connectivity index (χ3n) is 2.50. The number of rotatable bonds is 3. The number of hydrogen-bond acceptors (Lipinski definition) is 2. The maximum absolute atomic E-state index is 12.1. The second kappa shape index (κ2) is 4.25. The zero-order chi connectivity index (χ0) is 12.4. The Hall–Kier alpha value is -2.36. The standard InChI is InChI=1S/C13H11NO3/c1-14-7-6-9(8-14)12(15)10-4-2-3-5-11(10)13(16)17/h2-8H,1H3,(H,16,17). The first-order valence-electron chi connectivity index (χ1n) is 5.08. The molecule has 0 radical (unpaired) electrons. The molecule has 1 aromatic heterocycles. The molecule has 0 bridgehead atoms. The van der Waals surface area contributed by atoms with Gasteiger partial charge in [0.2, 0.25) is 0 Å². The number of benzene rings is 1. The maximum Gasteiger partial charge on any atom is 0.336 e. The van der Waals surface area contributed by atoms with Gasteiger partial charge in [0, 0.05) is 30.6 Å². The Kier molecular flexibility index (Phi) is 2.78. The van der Waals surface area contributed by atoms with Gasteiger partial charge in [0.05, 0.1) is 5.56 Å². The van der Waals surface area contributed by atoms with E-state index in [1.54, 1.807) is 42.2 Å². The lowest BCUT2D eigenvalue weighted by Crippen LogP contribution is -2.08. The van der Waals surface area contributed by atoms with Gasteiger partial charge in [0.15, 0.2) is 5.78 Å². The second-order valence-corrected chi connectivity index (χ2v) is 3.75. The summed E-state index contributed by atoms with van der Waals surface area (Å²) in [5.41, 5.74) is 0.730. The van der Waals surface area contributed by atoms with Crippen LogP contribution in [0.1, 0.15) is 26.3 Å². The number of carbonyl (C=O) groups is 2. The summed E-state index contributed by atoms with van der Waals surface area (Å²) in [6.07, 6.45) is 3.41. The first-order valence-corrected chi connectivity index (χ1v) is 5.08. The minimum absolute atomic E-state index is 0.0290. The number of carbonyl (C=O) groups excluding carboxylic acids is 1. The van der Waals surface area contributed by atoms with Gasteiger partial charge in [-0.3, -0.25) is 4.79 Å². The zero-order valence-electron chi connectivity index (χ0n) is 9.25. The molecule has 0 amide bonds. The van der Waals surface area contributed by atoms with Crippen molar-refractivity contribution in [3.8, 4) is 0 Å². The van der Waals surface area contributed by atoms with Crippen molar-refractivity contribution >= 4 is 11.8 Å². The fourth-order valence-corrected chi connectivity index (χ4v) is 1.66. The van der Waals surface area contributed by atoms with Crippen LogP contribution in [0.15, 0.2) is 42.7 Å². The van der Waals surface area contributed by atoms with Crippen molar-refractivity contribution in [3.05, 3.63) is 59.4 Å². The summed E-state index contributed by atoms with van der Waals surface area (Å²) in [4.78, 5) is 23.1. The highest BCUT2D eigenvalue weighted by atomic mass is 16.4. The molecule has 1 aromatic carbocycles. The van der Waals surface area contributed by atoms with Crippen molar-refractivity contribution < 1.29 is 14.7 Å². The molecule has 0 spiro atoms. The summed E-state index contributed by atoms with van der Waals surface area (Å²) >= 11 is 0. The predicted molar refractivity (Wildman–Crippen MR) is 62.2 cm³/mol. The molecule has 0 aliphatic rings. The molecule has 0 saturated heterocycles. The summed E-state index contributed by atoms with van der Waals surface area (Å²) in [5, 5.41) is 9.01. The molecule has 0 unspecified atom stereocenters. The molecule has 0 atom stereocenters. The van der Waals surface area contributed by atoms with Crippen molar-refractivity contribution in [1.82, 2.24) is 4.57 Å². The quantitative estimate of drug-likeness (QED) is 0.818. The number of nitrogens with zero attached hydrogens (tertiary/aromatic N) is 1. The molecule has 2 aromatic rings. The van der Waals surface area contributed by atoms with E-state index in [9.17, 15) is 9.59 Å². The number of hydrogen-bond donors (Lipinski definition) is 1. The van der Waals surface area contributed by atoms with E-state index >= 15 is 0 Å². The van der Waals surface area contributed by atoms with E-state index in [0.29, 0.717) is 5.56 Å². The van der Waals surface area contributed by atoms with Crippen LogP contribution >= 0.6 is 0 Å². The molecular weight excluding hydrogens is 218 g/mol. The van der Waals surface area contributed by atoms with Gasteiger partial charge in [-0.25, -0.2) is 4.79 Å². The zero-order valence-corrected chi connectivity index (χ0v) is 9.25. The van der Waals surface area contributed by atoms with Gasteiger partial charge in [0.1, 0.15) is 0 Å². The molecule has 0 saturated carbocycles. The third kappa shape index (κ3) is 2.10. The van der Waals surface area contributed by atoms with Crippen LogP contribution in [0.2, 0.25) is 0 Å². The topological polar surface area (TPSA) is 59.3 Å². The number of carboxylic acid groups (broad SMARTS) is 1. The lowest BCUT2D eigenvalue weighted by atomic mass is 10.0. The average Bonchev–Trinajstić information content (AvgIpc) is 2.75. The van der Waals surface area contributed by atoms with Crippen LogP contribution in [0.25, 0.3) is 0 Å². The molecule has 2 rings (SSSR count). The Balaban J connectivity index is 2.47. The van der Waals surface area contributed by atoms with Crippen molar-refractivity contribution in [2.24, 2.45) is 7.05 Å². The van der Waals surface area contributed by atoms with Gasteiger partial charge in [-0.1, -0.05) is 18.2 Å². The van der Waals surface area contributed by atoms with Crippen LogP contribution in [0.5, 0.6) is 0 Å². The lowest BCUT2D eigenvalue weighted by molar-refractivity contribution is 0.0693. The van der Waals surface area contributed by atoms with E-state index in [0.717, 1.165) is 0 Å². The summed E-state index contributed by atoms with van der Waals surface area (Å²) in [6.45, 7) is 0. The molecule has 1 heterocycles. The second-order valence-electron chi connectivity index (χ2n) is 3.75. The van der Waals surface area contributed by atoms with E-state index in [1.807, 2.05) is 0 Å². The van der Waals surface area contributed by atoms with Gasteiger partial charge < -0.3 is 9.67 Å². The molecule has 4 nitrogen and oxygen atoms in total. The highest BCUT2D eigenvalue weighted by Crippen LogP contribution is 2.14. The minimum atomic E-state index is -1.09. The van der Waals surface area contributed by atoms with E-state index in [1.165, 1.54) is 12.1 Å². The molecule has 17 heavy (non-hydrogen) atoms. The Morgan fingerprint density at radius 2 is 1.76 bits per heavy atom. The Labute approximate surface area is 98.1 Å². The van der Waals surface area contributed by atoms with E-state index < -0.39 is 5.97 Å². The van der Waals surface area contributed by atoms with Crippen molar-refractivity contribution in [1.29, 1.82) is 0 Å². The van der Waals surface area contributed by atoms with Gasteiger partial charge in [0.25, 0.3) is 0 Å². The minimum Gasteiger partial charge on any atom is -0.478 e. The normalized spacial score (nSPS) is 10.2. The van der Waals surface area contributed by atoms with E-state index in [4.69, 9.17) is 5.11 Å². The highest BCUT2D eigenvalue weighted by molar-refractivity contribution is 6.14. The van der Waals surface area contributed by atoms with Crippen molar-refractivity contribution in [2.45, 2.75) is 0 Å². The summed E-state index contributed by atoms with van der Waals surface area (Å²) in [6, 6.07) is 7.88. The predicted octanol–water partition coefficient (Wildman–Crippen LogP) is 1.95. The Bertz CT molecular complexity index is 584. The average molecular weight is 229 g/mol. The highest BCUT2D eigenvalue weighted by Gasteiger charge is 2.17. The van der Waals surface area contributed by atoms with E-state index in [-0.39, 0.29) is 16.9 Å². The summed E-state index contributed by atoms with van der Waals surface area (Å²) in [5.74, 6) is -1.37. The van der Waals surface area contributed by atoms with Crippen LogP contribution in [0.4, 0.5) is 0 Å². The molecule has 0 fully saturated rings. The van der Waals surface area contributed by atoms with Gasteiger partial charge in [-0.15, -0.1) is 0 Å². The van der Waals surface area contributed by atoms with Crippen molar-refractivity contribution in [2.75, 3.05) is 0 Å².